The average molecular weight is 418 g/mol. The third kappa shape index (κ3) is 4.49. The summed E-state index contributed by atoms with van der Waals surface area (Å²) in [6.07, 6.45) is 3.59. The van der Waals surface area contributed by atoms with Crippen LogP contribution in [0.4, 0.5) is 5.69 Å². The quantitative estimate of drug-likeness (QED) is 0.493. The van der Waals surface area contributed by atoms with Crippen molar-refractivity contribution in [3.8, 4) is 0 Å². The third-order valence-corrected chi connectivity index (χ3v) is 5.03. The Bertz CT molecular complexity index is 913. The van der Waals surface area contributed by atoms with E-state index >= 15 is 0 Å². The average Bonchev–Trinajstić information content (AvgIpc) is 2.71. The molecule has 28 heavy (non-hydrogen) atoms. The van der Waals surface area contributed by atoms with Crippen LogP contribution in [0.5, 0.6) is 0 Å². The van der Waals surface area contributed by atoms with Gasteiger partial charge in [0.15, 0.2) is 5.78 Å². The number of anilines is 1. The van der Waals surface area contributed by atoms with Crippen LogP contribution in [0.2, 0.25) is 10.0 Å². The normalized spacial score (nSPS) is 16.4. The number of hydrogen-bond acceptors (Lipinski definition) is 5. The van der Waals surface area contributed by atoms with Gasteiger partial charge >= 0.3 is 0 Å². The fraction of sp³-hybridized carbons (Fsp3) is 0.238. The van der Waals surface area contributed by atoms with Crippen LogP contribution in [-0.2, 0) is 4.74 Å². The minimum Gasteiger partial charge on any atom is -0.478 e. The summed E-state index contributed by atoms with van der Waals surface area (Å²) in [6, 6.07) is 14.3. The number of rotatable bonds is 7. The van der Waals surface area contributed by atoms with Crippen LogP contribution in [0.25, 0.3) is 0 Å². The van der Waals surface area contributed by atoms with Crippen LogP contribution in [-0.4, -0.2) is 18.2 Å². The van der Waals surface area contributed by atoms with Gasteiger partial charge in [0.05, 0.1) is 22.3 Å². The number of Topliss-reactive ketones (excluding diaryl/α,β-unsaturated/α-hetero) is 1. The Labute approximate surface area is 174 Å². The highest BCUT2D eigenvalue weighted by Crippen LogP contribution is 2.29. The van der Waals surface area contributed by atoms with E-state index in [4.69, 9.17) is 33.7 Å². The van der Waals surface area contributed by atoms with E-state index in [-0.39, 0.29) is 11.6 Å². The monoisotopic (exact) mass is 417 g/mol. The van der Waals surface area contributed by atoms with Gasteiger partial charge in [-0.2, -0.15) is 10.1 Å². The van der Waals surface area contributed by atoms with E-state index in [9.17, 15) is 4.79 Å². The van der Waals surface area contributed by atoms with Gasteiger partial charge in [0.1, 0.15) is 11.8 Å². The molecule has 5 nitrogen and oxygen atoms in total. The van der Waals surface area contributed by atoms with Crippen LogP contribution in [0, 0.1) is 5.92 Å². The second-order valence-corrected chi connectivity index (χ2v) is 7.16. The molecule has 1 unspecified atom stereocenters. The molecule has 2 aromatic rings. The molecule has 0 aliphatic carbocycles. The van der Waals surface area contributed by atoms with E-state index in [0.717, 1.165) is 18.5 Å². The largest absolute Gasteiger partial charge is 0.478 e. The molecule has 1 aliphatic rings. The first-order chi connectivity index (χ1) is 13.5. The number of para-hydroxylation sites is 1. The van der Waals surface area contributed by atoms with Crippen LogP contribution in [0.15, 0.2) is 65.6 Å². The molecule has 0 radical (unpaired) electrons. The van der Waals surface area contributed by atoms with Crippen LogP contribution in [0.1, 0.15) is 30.1 Å². The second kappa shape index (κ2) is 9.13. The van der Waals surface area contributed by atoms with Gasteiger partial charge in [-0.05, 0) is 42.8 Å². The number of hydrogen-bond donors (Lipinski definition) is 1. The lowest BCUT2D eigenvalue weighted by Crippen LogP contribution is -2.37. The van der Waals surface area contributed by atoms with Gasteiger partial charge in [-0.1, -0.05) is 54.7 Å². The predicted octanol–water partition coefficient (Wildman–Crippen LogP) is 5.24. The number of carbonyl (C=O) groups is 1. The Kier molecular flexibility index (Phi) is 6.60. The lowest BCUT2D eigenvalue weighted by atomic mass is 9.95. The summed E-state index contributed by atoms with van der Waals surface area (Å²) in [4.78, 5) is 13.0. The van der Waals surface area contributed by atoms with Crippen molar-refractivity contribution in [2.75, 3.05) is 11.6 Å². The zero-order chi connectivity index (χ0) is 20.1. The number of amidine groups is 1. The Morgan fingerprint density at radius 3 is 2.61 bits per heavy atom. The number of ether oxygens (including phenoxy) is 1. The number of ketones is 1. The van der Waals surface area contributed by atoms with Crippen LogP contribution in [0.3, 0.4) is 0 Å². The number of hydrazone groups is 1. The van der Waals surface area contributed by atoms with E-state index in [1.165, 1.54) is 6.07 Å². The molecule has 146 valence electrons. The molecule has 0 aromatic heterocycles. The number of benzene rings is 2. The molecule has 1 aliphatic heterocycles. The van der Waals surface area contributed by atoms with Gasteiger partial charge in [0.25, 0.3) is 0 Å². The molecule has 0 spiro atoms. The van der Waals surface area contributed by atoms with E-state index in [0.29, 0.717) is 28.1 Å². The van der Waals surface area contributed by atoms with Gasteiger partial charge in [0.2, 0.25) is 5.88 Å². The molecular formula is C21H21Cl2N3O2. The second-order valence-electron chi connectivity index (χ2n) is 6.35. The molecule has 1 atom stereocenters. The van der Waals surface area contributed by atoms with E-state index < -0.39 is 5.92 Å². The van der Waals surface area contributed by atoms with Crippen molar-refractivity contribution >= 4 is 40.5 Å². The number of unbranched alkanes of at least 4 members (excludes halogenated alkanes) is 1. The standard InChI is InChI=1S/C21H21Cl2N3O2/c1-2-3-11-28-19-13-16(20(27)14-9-10-17(22)18(23)12-14)21(24)25-26(19)15-7-5-4-6-8-15/h4-10,12-13,16H,2-3,11H2,1H3,(H2,24,25). The molecule has 2 N–H and O–H groups in total. The Morgan fingerprint density at radius 2 is 1.93 bits per heavy atom. The molecule has 0 bridgehead atoms. The Hall–Kier alpha value is -2.50. The maximum absolute atomic E-state index is 13.0. The van der Waals surface area contributed by atoms with Crippen LogP contribution >= 0.6 is 23.2 Å². The molecule has 0 saturated carbocycles. The first-order valence-electron chi connectivity index (χ1n) is 9.04. The summed E-state index contributed by atoms with van der Waals surface area (Å²) in [6.45, 7) is 2.61. The topological polar surface area (TPSA) is 67.9 Å². The van der Waals surface area contributed by atoms with E-state index in [1.807, 2.05) is 30.3 Å². The van der Waals surface area contributed by atoms with Crippen molar-refractivity contribution in [3.63, 3.8) is 0 Å². The van der Waals surface area contributed by atoms with Gasteiger partial charge < -0.3 is 10.5 Å². The summed E-state index contributed by atoms with van der Waals surface area (Å²) in [5, 5.41) is 6.75. The molecule has 3 rings (SSSR count). The Morgan fingerprint density at radius 1 is 1.18 bits per heavy atom. The van der Waals surface area contributed by atoms with Crippen molar-refractivity contribution < 1.29 is 9.53 Å². The lowest BCUT2D eigenvalue weighted by molar-refractivity contribution is 0.0966. The number of nitrogens with two attached hydrogens (primary N) is 1. The molecule has 0 fully saturated rings. The van der Waals surface area contributed by atoms with Gasteiger partial charge in [0, 0.05) is 5.56 Å². The van der Waals surface area contributed by atoms with Crippen molar-refractivity contribution in [2.45, 2.75) is 19.8 Å². The molecule has 1 heterocycles. The molecule has 2 aromatic carbocycles. The summed E-state index contributed by atoms with van der Waals surface area (Å²) in [7, 11) is 0. The van der Waals surface area contributed by atoms with Gasteiger partial charge in [-0.3, -0.25) is 4.79 Å². The van der Waals surface area contributed by atoms with Crippen LogP contribution < -0.4 is 10.7 Å². The van der Waals surface area contributed by atoms with Crippen molar-refractivity contribution in [1.29, 1.82) is 0 Å². The smallest absolute Gasteiger partial charge is 0.212 e. The molecule has 7 heteroatoms. The number of carbonyl (C=O) groups excluding carboxylic acids is 1. The van der Waals surface area contributed by atoms with Gasteiger partial charge in [-0.25, -0.2) is 0 Å². The highest BCUT2D eigenvalue weighted by molar-refractivity contribution is 6.42. The lowest BCUT2D eigenvalue weighted by Gasteiger charge is -2.28. The molecule has 0 amide bonds. The summed E-state index contributed by atoms with van der Waals surface area (Å²) in [5.74, 6) is -0.298. The predicted molar refractivity (Wildman–Crippen MR) is 114 cm³/mol. The first-order valence-corrected chi connectivity index (χ1v) is 9.80. The van der Waals surface area contributed by atoms with Crippen molar-refractivity contribution in [3.05, 3.63) is 76.1 Å². The van der Waals surface area contributed by atoms with Crippen molar-refractivity contribution in [2.24, 2.45) is 16.8 Å². The van der Waals surface area contributed by atoms with Crippen molar-refractivity contribution in [1.82, 2.24) is 0 Å². The van der Waals surface area contributed by atoms with E-state index in [2.05, 4.69) is 12.0 Å². The first kappa shape index (κ1) is 20.2. The Balaban J connectivity index is 1.93. The van der Waals surface area contributed by atoms with Gasteiger partial charge in [-0.15, -0.1) is 0 Å². The summed E-state index contributed by atoms with van der Waals surface area (Å²) in [5.41, 5.74) is 7.37. The molecule has 0 saturated heterocycles. The maximum atomic E-state index is 13.0. The highest BCUT2D eigenvalue weighted by Gasteiger charge is 2.30. The highest BCUT2D eigenvalue weighted by atomic mass is 35.5. The summed E-state index contributed by atoms with van der Waals surface area (Å²) < 4.78 is 5.92. The number of nitrogens with zero attached hydrogens (tertiary/aromatic N) is 2. The fourth-order valence-electron chi connectivity index (χ4n) is 2.75. The maximum Gasteiger partial charge on any atom is 0.212 e. The third-order valence-electron chi connectivity index (χ3n) is 4.29. The summed E-state index contributed by atoms with van der Waals surface area (Å²) >= 11 is 12.0. The van der Waals surface area contributed by atoms with E-state index in [1.54, 1.807) is 23.2 Å². The fourth-order valence-corrected chi connectivity index (χ4v) is 3.05. The number of halogens is 2. The molecular weight excluding hydrogens is 397 g/mol. The zero-order valence-corrected chi connectivity index (χ0v) is 17.0. The SMILES string of the molecule is CCCCOC1=CC(C(=O)c2ccc(Cl)c(Cl)c2)C(N)=NN1c1ccccc1. The minimum absolute atomic E-state index is 0.183. The minimum atomic E-state index is -0.742. The zero-order valence-electron chi connectivity index (χ0n) is 15.4.